The number of amides is 2. The Morgan fingerprint density at radius 2 is 2.00 bits per heavy atom. The molecule has 0 fully saturated rings. The van der Waals surface area contributed by atoms with Crippen LogP contribution in [-0.2, 0) is 4.79 Å². The molecule has 0 aliphatic heterocycles. The maximum Gasteiger partial charge on any atom is 0.329 e. The zero-order valence-electron chi connectivity index (χ0n) is 10.4. The number of carbonyl (C=O) groups excluding carboxylic acids is 1. The number of urea groups is 1. The fourth-order valence-corrected chi connectivity index (χ4v) is 1.71. The molecule has 0 unspecified atom stereocenters. The van der Waals surface area contributed by atoms with E-state index in [1.165, 1.54) is 20.9 Å². The summed E-state index contributed by atoms with van der Waals surface area (Å²) < 4.78 is 0.991. The van der Waals surface area contributed by atoms with Crippen molar-refractivity contribution >= 4 is 40.3 Å². The SMILES string of the molecule is CN(C(=O)Nc1cccc(I)c1)C(C)(C)C(=O)O. The van der Waals surface area contributed by atoms with Crippen LogP contribution in [0.25, 0.3) is 0 Å². The van der Waals surface area contributed by atoms with Crippen molar-refractivity contribution in [1.29, 1.82) is 0 Å². The van der Waals surface area contributed by atoms with Crippen LogP contribution in [0.1, 0.15) is 13.8 Å². The second-order valence-electron chi connectivity index (χ2n) is 4.36. The van der Waals surface area contributed by atoms with Crippen LogP contribution in [0, 0.1) is 3.57 Å². The zero-order valence-corrected chi connectivity index (χ0v) is 12.6. The van der Waals surface area contributed by atoms with Crippen LogP contribution in [0.15, 0.2) is 24.3 Å². The van der Waals surface area contributed by atoms with Crippen LogP contribution in [0.2, 0.25) is 0 Å². The lowest BCUT2D eigenvalue weighted by molar-refractivity contribution is -0.146. The first-order valence-corrected chi connectivity index (χ1v) is 6.37. The Hall–Kier alpha value is -1.31. The largest absolute Gasteiger partial charge is 0.480 e. The van der Waals surface area contributed by atoms with Gasteiger partial charge >= 0.3 is 12.0 Å². The lowest BCUT2D eigenvalue weighted by Gasteiger charge is -2.31. The monoisotopic (exact) mass is 362 g/mol. The second kappa shape index (κ2) is 5.55. The van der Waals surface area contributed by atoms with Crippen LogP contribution in [0.3, 0.4) is 0 Å². The Morgan fingerprint density at radius 1 is 1.39 bits per heavy atom. The van der Waals surface area contributed by atoms with Gasteiger partial charge in [0.1, 0.15) is 5.54 Å². The van der Waals surface area contributed by atoms with Gasteiger partial charge in [-0.1, -0.05) is 6.07 Å². The van der Waals surface area contributed by atoms with Crippen molar-refractivity contribution in [3.8, 4) is 0 Å². The third-order valence-electron chi connectivity index (χ3n) is 2.74. The molecule has 1 aromatic rings. The quantitative estimate of drug-likeness (QED) is 0.813. The summed E-state index contributed by atoms with van der Waals surface area (Å²) in [6.45, 7) is 2.95. The molecule has 98 valence electrons. The van der Waals surface area contributed by atoms with E-state index in [9.17, 15) is 9.59 Å². The highest BCUT2D eigenvalue weighted by atomic mass is 127. The Balaban J connectivity index is 2.80. The van der Waals surface area contributed by atoms with Crippen LogP contribution < -0.4 is 5.32 Å². The molecule has 18 heavy (non-hydrogen) atoms. The molecule has 0 saturated carbocycles. The highest BCUT2D eigenvalue weighted by Crippen LogP contribution is 2.16. The lowest BCUT2D eigenvalue weighted by Crippen LogP contribution is -2.52. The number of benzene rings is 1. The molecule has 6 heteroatoms. The third kappa shape index (κ3) is 3.34. The fraction of sp³-hybridized carbons (Fsp3) is 0.333. The summed E-state index contributed by atoms with van der Waals surface area (Å²) in [7, 11) is 1.46. The molecule has 5 nitrogen and oxygen atoms in total. The van der Waals surface area contributed by atoms with Gasteiger partial charge in [-0.05, 0) is 54.6 Å². The molecule has 0 bridgehead atoms. The molecule has 0 spiro atoms. The smallest absolute Gasteiger partial charge is 0.329 e. The van der Waals surface area contributed by atoms with E-state index in [4.69, 9.17) is 5.11 Å². The van der Waals surface area contributed by atoms with Gasteiger partial charge in [0.05, 0.1) is 0 Å². The normalized spacial score (nSPS) is 10.9. The summed E-state index contributed by atoms with van der Waals surface area (Å²) in [5, 5.41) is 11.7. The maximum absolute atomic E-state index is 11.9. The predicted octanol–water partition coefficient (Wildman–Crippen LogP) is 2.62. The lowest BCUT2D eigenvalue weighted by atomic mass is 10.1. The van der Waals surface area contributed by atoms with Crippen molar-refractivity contribution in [1.82, 2.24) is 4.90 Å². The van der Waals surface area contributed by atoms with E-state index in [2.05, 4.69) is 27.9 Å². The minimum absolute atomic E-state index is 0.454. The number of hydrogen-bond acceptors (Lipinski definition) is 2. The summed E-state index contributed by atoms with van der Waals surface area (Å²) in [5.74, 6) is -1.05. The number of halogens is 1. The average Bonchev–Trinajstić information content (AvgIpc) is 2.27. The predicted molar refractivity (Wildman–Crippen MR) is 77.7 cm³/mol. The summed E-state index contributed by atoms with van der Waals surface area (Å²) in [6.07, 6.45) is 0. The van der Waals surface area contributed by atoms with Gasteiger partial charge in [-0.15, -0.1) is 0 Å². The Bertz CT molecular complexity index is 474. The van der Waals surface area contributed by atoms with Crippen LogP contribution in [-0.4, -0.2) is 34.6 Å². The highest BCUT2D eigenvalue weighted by Gasteiger charge is 2.35. The molecule has 1 aromatic carbocycles. The summed E-state index contributed by atoms with van der Waals surface area (Å²) in [4.78, 5) is 24.1. The molecular formula is C12H15IN2O3. The number of carboxylic acid groups (broad SMARTS) is 1. The van der Waals surface area contributed by atoms with Crippen molar-refractivity contribution in [2.24, 2.45) is 0 Å². The molecule has 0 aliphatic carbocycles. The first kappa shape index (κ1) is 14.7. The van der Waals surface area contributed by atoms with E-state index in [1.807, 2.05) is 12.1 Å². The minimum atomic E-state index is -1.26. The van der Waals surface area contributed by atoms with Gasteiger partial charge in [-0.2, -0.15) is 0 Å². The number of nitrogens with one attached hydrogen (secondary N) is 1. The van der Waals surface area contributed by atoms with E-state index in [1.54, 1.807) is 12.1 Å². The van der Waals surface area contributed by atoms with Gasteiger partial charge in [0, 0.05) is 16.3 Å². The number of carbonyl (C=O) groups is 2. The molecule has 0 heterocycles. The molecule has 0 saturated heterocycles. The van der Waals surface area contributed by atoms with Gasteiger partial charge in [-0.3, -0.25) is 0 Å². The minimum Gasteiger partial charge on any atom is -0.480 e. The first-order valence-electron chi connectivity index (χ1n) is 5.29. The van der Waals surface area contributed by atoms with Crippen LogP contribution >= 0.6 is 22.6 Å². The molecule has 2 N–H and O–H groups in total. The number of anilines is 1. The fourth-order valence-electron chi connectivity index (χ4n) is 1.17. The first-order chi connectivity index (χ1) is 8.25. The van der Waals surface area contributed by atoms with E-state index in [0.717, 1.165) is 8.47 Å². The molecule has 0 aliphatic rings. The van der Waals surface area contributed by atoms with Crippen LogP contribution in [0.4, 0.5) is 10.5 Å². The van der Waals surface area contributed by atoms with Crippen molar-refractivity contribution < 1.29 is 14.7 Å². The Labute approximate surface area is 119 Å². The number of likely N-dealkylation sites (N-methyl/N-ethyl adjacent to an activating group) is 1. The van der Waals surface area contributed by atoms with E-state index in [0.29, 0.717) is 5.69 Å². The number of nitrogens with zero attached hydrogens (tertiary/aromatic N) is 1. The third-order valence-corrected chi connectivity index (χ3v) is 3.41. The van der Waals surface area contributed by atoms with E-state index in [-0.39, 0.29) is 0 Å². The van der Waals surface area contributed by atoms with Gasteiger partial charge in [0.2, 0.25) is 0 Å². The molecule has 2 amide bonds. The highest BCUT2D eigenvalue weighted by molar-refractivity contribution is 14.1. The van der Waals surface area contributed by atoms with Crippen molar-refractivity contribution in [3.05, 3.63) is 27.8 Å². The van der Waals surface area contributed by atoms with Crippen molar-refractivity contribution in [2.75, 3.05) is 12.4 Å². The average molecular weight is 362 g/mol. The van der Waals surface area contributed by atoms with Crippen molar-refractivity contribution in [3.63, 3.8) is 0 Å². The molecule has 0 aromatic heterocycles. The molecular weight excluding hydrogens is 347 g/mol. The number of hydrogen-bond donors (Lipinski definition) is 2. The summed E-state index contributed by atoms with van der Waals surface area (Å²) in [5.41, 5.74) is -0.619. The zero-order chi connectivity index (χ0) is 13.9. The maximum atomic E-state index is 11.9. The van der Waals surface area contributed by atoms with Crippen LogP contribution in [0.5, 0.6) is 0 Å². The second-order valence-corrected chi connectivity index (χ2v) is 5.61. The van der Waals surface area contributed by atoms with Gasteiger partial charge in [0.15, 0.2) is 0 Å². The van der Waals surface area contributed by atoms with E-state index < -0.39 is 17.5 Å². The summed E-state index contributed by atoms with van der Waals surface area (Å²) in [6, 6.07) is 6.83. The Morgan fingerprint density at radius 3 is 2.50 bits per heavy atom. The number of carboxylic acids is 1. The van der Waals surface area contributed by atoms with Gasteiger partial charge in [-0.25, -0.2) is 9.59 Å². The van der Waals surface area contributed by atoms with Gasteiger partial charge < -0.3 is 15.3 Å². The van der Waals surface area contributed by atoms with Crippen molar-refractivity contribution in [2.45, 2.75) is 19.4 Å². The van der Waals surface area contributed by atoms with E-state index >= 15 is 0 Å². The van der Waals surface area contributed by atoms with Gasteiger partial charge in [0.25, 0.3) is 0 Å². The summed E-state index contributed by atoms with van der Waals surface area (Å²) >= 11 is 2.14. The molecule has 1 rings (SSSR count). The Kier molecular flexibility index (Phi) is 4.55. The topological polar surface area (TPSA) is 69.6 Å². The molecule has 0 radical (unpaired) electrons. The standard InChI is InChI=1S/C12H15IN2O3/c1-12(2,10(16)17)15(3)11(18)14-9-6-4-5-8(13)7-9/h4-7H,1-3H3,(H,14,18)(H,16,17). The number of rotatable bonds is 3. The molecule has 0 atom stereocenters. The number of aliphatic carboxylic acids is 1.